The number of halogens is 6. The van der Waals surface area contributed by atoms with Crippen molar-refractivity contribution in [1.82, 2.24) is 4.98 Å². The number of nitrogens with zero attached hydrogens (tertiary/aromatic N) is 1. The number of carbonyl (C=O) groups is 1. The van der Waals surface area contributed by atoms with E-state index in [1.165, 1.54) is 0 Å². The maximum atomic E-state index is 13.5. The number of methoxy groups -OCH3 is 1. The molecule has 0 atom stereocenters. The van der Waals surface area contributed by atoms with Crippen molar-refractivity contribution in [1.29, 1.82) is 0 Å². The third-order valence-corrected chi connectivity index (χ3v) is 2.88. The number of pyridine rings is 1. The van der Waals surface area contributed by atoms with Crippen LogP contribution in [0.5, 0.6) is 11.5 Å². The molecule has 0 saturated heterocycles. The molecule has 0 bridgehead atoms. The van der Waals surface area contributed by atoms with Gasteiger partial charge in [0, 0.05) is 5.56 Å². The van der Waals surface area contributed by atoms with Gasteiger partial charge in [-0.15, -0.1) is 0 Å². The number of benzene rings is 1. The predicted molar refractivity (Wildman–Crippen MR) is 71.6 cm³/mol. The fraction of sp³-hybridized carbons (Fsp3) is 0.143. The first-order chi connectivity index (χ1) is 11.7. The average molecular weight is 366 g/mol. The molecular formula is C14H8F6N2O3. The summed E-state index contributed by atoms with van der Waals surface area (Å²) in [6.07, 6.45) is 0. The molecule has 0 fully saturated rings. The molecule has 11 heteroatoms. The normalized spacial score (nSPS) is 10.7. The van der Waals surface area contributed by atoms with Crippen LogP contribution in [0.3, 0.4) is 0 Å². The van der Waals surface area contributed by atoms with Gasteiger partial charge in [-0.05, 0) is 18.2 Å². The average Bonchev–Trinajstić information content (AvgIpc) is 2.56. The Morgan fingerprint density at radius 3 is 2.20 bits per heavy atom. The fourth-order valence-electron chi connectivity index (χ4n) is 1.78. The van der Waals surface area contributed by atoms with Crippen LogP contribution < -0.4 is 14.8 Å². The molecule has 1 heterocycles. The van der Waals surface area contributed by atoms with Crippen LogP contribution in [0.15, 0.2) is 18.2 Å². The molecule has 1 aromatic carbocycles. The number of anilines is 1. The molecule has 0 spiro atoms. The van der Waals surface area contributed by atoms with Gasteiger partial charge in [-0.2, -0.15) is 31.3 Å². The highest BCUT2D eigenvalue weighted by molar-refractivity contribution is 6.04. The molecule has 0 aliphatic rings. The molecule has 0 radical (unpaired) electrons. The summed E-state index contributed by atoms with van der Waals surface area (Å²) in [5.41, 5.74) is -1.70. The van der Waals surface area contributed by atoms with Crippen LogP contribution in [0.1, 0.15) is 10.4 Å². The number of ether oxygens (including phenoxy) is 2. The van der Waals surface area contributed by atoms with E-state index in [1.807, 2.05) is 0 Å². The second kappa shape index (κ2) is 7.28. The Kier molecular flexibility index (Phi) is 5.35. The van der Waals surface area contributed by atoms with E-state index in [9.17, 15) is 31.1 Å². The zero-order valence-electron chi connectivity index (χ0n) is 12.2. The number of nitrogens with one attached hydrogen (secondary N) is 1. The number of rotatable bonds is 5. The SMILES string of the molecule is COc1cc(C(=O)Nc2c(F)c(F)nc(F)c2F)ccc1OC(F)F. The van der Waals surface area contributed by atoms with Gasteiger partial charge in [-0.1, -0.05) is 0 Å². The van der Waals surface area contributed by atoms with E-state index in [0.29, 0.717) is 0 Å². The van der Waals surface area contributed by atoms with Gasteiger partial charge in [0.05, 0.1) is 7.11 Å². The van der Waals surface area contributed by atoms with Crippen LogP contribution in [0.2, 0.25) is 0 Å². The van der Waals surface area contributed by atoms with Crippen molar-refractivity contribution >= 4 is 11.6 Å². The van der Waals surface area contributed by atoms with Crippen molar-refractivity contribution < 1.29 is 40.6 Å². The molecule has 134 valence electrons. The molecular weight excluding hydrogens is 358 g/mol. The summed E-state index contributed by atoms with van der Waals surface area (Å²) in [6.45, 7) is -3.15. The Morgan fingerprint density at radius 2 is 1.68 bits per heavy atom. The number of hydrogen-bond acceptors (Lipinski definition) is 4. The largest absolute Gasteiger partial charge is 0.493 e. The van der Waals surface area contributed by atoms with E-state index in [1.54, 1.807) is 5.32 Å². The molecule has 2 aromatic rings. The minimum atomic E-state index is -3.15. The Balaban J connectivity index is 2.33. The van der Waals surface area contributed by atoms with E-state index in [0.717, 1.165) is 25.3 Å². The summed E-state index contributed by atoms with van der Waals surface area (Å²) >= 11 is 0. The van der Waals surface area contributed by atoms with Crippen molar-refractivity contribution in [2.45, 2.75) is 6.61 Å². The minimum Gasteiger partial charge on any atom is -0.493 e. The molecule has 0 unspecified atom stereocenters. The van der Waals surface area contributed by atoms with Crippen LogP contribution in [0.4, 0.5) is 32.0 Å². The second-order valence-electron chi connectivity index (χ2n) is 4.39. The van der Waals surface area contributed by atoms with Gasteiger partial charge < -0.3 is 14.8 Å². The van der Waals surface area contributed by atoms with Crippen LogP contribution in [-0.4, -0.2) is 24.6 Å². The summed E-state index contributed by atoms with van der Waals surface area (Å²) < 4.78 is 86.4. The first-order valence-electron chi connectivity index (χ1n) is 6.38. The van der Waals surface area contributed by atoms with Gasteiger partial charge in [-0.25, -0.2) is 0 Å². The molecule has 1 aromatic heterocycles. The minimum absolute atomic E-state index is 0.277. The molecule has 0 aliphatic carbocycles. The molecule has 0 saturated carbocycles. The Hall–Kier alpha value is -2.98. The first-order valence-corrected chi connectivity index (χ1v) is 6.38. The fourth-order valence-corrected chi connectivity index (χ4v) is 1.78. The van der Waals surface area contributed by atoms with Gasteiger partial charge in [0.2, 0.25) is 11.6 Å². The lowest BCUT2D eigenvalue weighted by Gasteiger charge is -2.12. The number of alkyl halides is 2. The predicted octanol–water partition coefficient (Wildman–Crippen LogP) is 3.50. The van der Waals surface area contributed by atoms with E-state index in [2.05, 4.69) is 9.72 Å². The van der Waals surface area contributed by atoms with Crippen molar-refractivity contribution in [3.8, 4) is 11.5 Å². The van der Waals surface area contributed by atoms with Crippen molar-refractivity contribution in [2.24, 2.45) is 0 Å². The van der Waals surface area contributed by atoms with E-state index in [-0.39, 0.29) is 11.3 Å². The molecule has 0 aliphatic heterocycles. The van der Waals surface area contributed by atoms with Crippen LogP contribution in [-0.2, 0) is 0 Å². The molecule has 2 rings (SSSR count). The Bertz CT molecular complexity index is 789. The van der Waals surface area contributed by atoms with E-state index in [4.69, 9.17) is 4.74 Å². The van der Waals surface area contributed by atoms with Gasteiger partial charge >= 0.3 is 6.61 Å². The standard InChI is InChI=1S/C14H8F6N2O3/c1-24-7-4-5(2-3-6(7)25-14(19)20)13(23)21-10-8(15)11(17)22-12(18)9(10)16/h2-4,14H,1H3,(H,21,22,23). The van der Waals surface area contributed by atoms with Crippen molar-refractivity contribution in [3.63, 3.8) is 0 Å². The zero-order chi connectivity index (χ0) is 18.7. The highest BCUT2D eigenvalue weighted by Gasteiger charge is 2.23. The third-order valence-electron chi connectivity index (χ3n) is 2.88. The van der Waals surface area contributed by atoms with Gasteiger partial charge in [0.25, 0.3) is 17.8 Å². The van der Waals surface area contributed by atoms with Crippen LogP contribution in [0.25, 0.3) is 0 Å². The lowest BCUT2D eigenvalue weighted by atomic mass is 10.2. The summed E-state index contributed by atoms with van der Waals surface area (Å²) in [5.74, 6) is -9.58. The molecule has 1 amide bonds. The summed E-state index contributed by atoms with van der Waals surface area (Å²) in [6, 6.07) is 2.84. The maximum Gasteiger partial charge on any atom is 0.387 e. The van der Waals surface area contributed by atoms with Crippen LogP contribution >= 0.6 is 0 Å². The quantitative estimate of drug-likeness (QED) is 0.650. The first kappa shape index (κ1) is 18.4. The van der Waals surface area contributed by atoms with E-state index < -0.39 is 47.5 Å². The topological polar surface area (TPSA) is 60.5 Å². The zero-order valence-corrected chi connectivity index (χ0v) is 12.2. The number of aromatic nitrogens is 1. The monoisotopic (exact) mass is 366 g/mol. The van der Waals surface area contributed by atoms with E-state index >= 15 is 0 Å². The lowest BCUT2D eigenvalue weighted by molar-refractivity contribution is -0.0512. The smallest absolute Gasteiger partial charge is 0.387 e. The Morgan fingerprint density at radius 1 is 1.08 bits per heavy atom. The molecule has 25 heavy (non-hydrogen) atoms. The maximum absolute atomic E-state index is 13.5. The highest BCUT2D eigenvalue weighted by atomic mass is 19.3. The number of carbonyl (C=O) groups excluding carboxylic acids is 1. The number of amides is 1. The van der Waals surface area contributed by atoms with Crippen molar-refractivity contribution in [3.05, 3.63) is 47.3 Å². The molecule has 5 nitrogen and oxygen atoms in total. The second-order valence-corrected chi connectivity index (χ2v) is 4.39. The van der Waals surface area contributed by atoms with Gasteiger partial charge in [0.1, 0.15) is 5.69 Å². The van der Waals surface area contributed by atoms with Gasteiger partial charge in [0.15, 0.2) is 11.5 Å². The summed E-state index contributed by atoms with van der Waals surface area (Å²) in [7, 11) is 1.10. The van der Waals surface area contributed by atoms with Crippen LogP contribution in [0, 0.1) is 23.5 Å². The van der Waals surface area contributed by atoms with Gasteiger partial charge in [-0.3, -0.25) is 4.79 Å². The highest BCUT2D eigenvalue weighted by Crippen LogP contribution is 2.30. The summed E-state index contributed by atoms with van der Waals surface area (Å²) in [4.78, 5) is 14.3. The third kappa shape index (κ3) is 3.92. The summed E-state index contributed by atoms with van der Waals surface area (Å²) in [5, 5.41) is 1.63. The Labute approximate surface area is 136 Å². The molecule has 1 N–H and O–H groups in total. The van der Waals surface area contributed by atoms with Crippen molar-refractivity contribution in [2.75, 3.05) is 12.4 Å². The number of hydrogen-bond donors (Lipinski definition) is 1. The lowest BCUT2D eigenvalue weighted by Crippen LogP contribution is -2.17.